The molecule has 0 bridgehead atoms. The molecule has 2 N–H and O–H groups in total. The minimum Gasteiger partial charge on any atom is -0.494 e. The second-order valence-corrected chi connectivity index (χ2v) is 2.86. The fourth-order valence-corrected chi connectivity index (χ4v) is 1.13. The van der Waals surface area contributed by atoms with Crippen molar-refractivity contribution in [3.63, 3.8) is 0 Å². The van der Waals surface area contributed by atoms with E-state index in [0.29, 0.717) is 5.56 Å². The lowest BCUT2D eigenvalue weighted by molar-refractivity contribution is 0.386. The topological polar surface area (TPSA) is 59.0 Å². The standard InChI is InChI=1S/C10H11FN2O/c1-14-10-3-2-7(6-8(10)11)9(13)4-5-12/h2-3,6,9H,4,13H2,1H3. The molecule has 0 aliphatic rings. The summed E-state index contributed by atoms with van der Waals surface area (Å²) in [4.78, 5) is 0. The predicted octanol–water partition coefficient (Wildman–Crippen LogP) is 1.75. The molecule has 0 aromatic heterocycles. The first-order valence-electron chi connectivity index (χ1n) is 4.15. The molecule has 1 unspecified atom stereocenters. The fraction of sp³-hybridized carbons (Fsp3) is 0.300. The zero-order valence-electron chi connectivity index (χ0n) is 7.83. The van der Waals surface area contributed by atoms with Gasteiger partial charge < -0.3 is 10.5 Å². The highest BCUT2D eigenvalue weighted by molar-refractivity contribution is 5.31. The molecule has 0 heterocycles. The van der Waals surface area contributed by atoms with Gasteiger partial charge in [0.15, 0.2) is 11.6 Å². The maximum absolute atomic E-state index is 13.2. The van der Waals surface area contributed by atoms with Gasteiger partial charge in [0.1, 0.15) is 0 Å². The molecule has 0 radical (unpaired) electrons. The Labute approximate surface area is 81.9 Å². The molecule has 1 rings (SSSR count). The quantitative estimate of drug-likeness (QED) is 0.797. The molecular formula is C10H11FN2O. The van der Waals surface area contributed by atoms with E-state index in [1.54, 1.807) is 6.07 Å². The summed E-state index contributed by atoms with van der Waals surface area (Å²) in [6, 6.07) is 5.94. The van der Waals surface area contributed by atoms with Crippen LogP contribution in [0.2, 0.25) is 0 Å². The monoisotopic (exact) mass is 194 g/mol. The second-order valence-electron chi connectivity index (χ2n) is 2.86. The lowest BCUT2D eigenvalue weighted by atomic mass is 10.1. The van der Waals surface area contributed by atoms with E-state index in [4.69, 9.17) is 15.7 Å². The van der Waals surface area contributed by atoms with E-state index in [-0.39, 0.29) is 12.2 Å². The minimum absolute atomic E-state index is 0.172. The molecule has 1 aromatic rings. The van der Waals surface area contributed by atoms with Crippen LogP contribution in [-0.2, 0) is 0 Å². The fourth-order valence-electron chi connectivity index (χ4n) is 1.13. The number of nitrogens with two attached hydrogens (primary N) is 1. The summed E-state index contributed by atoms with van der Waals surface area (Å²) < 4.78 is 17.9. The Balaban J connectivity index is 2.92. The summed E-state index contributed by atoms with van der Waals surface area (Å²) in [5, 5.41) is 8.42. The Morgan fingerprint density at radius 1 is 1.64 bits per heavy atom. The van der Waals surface area contributed by atoms with E-state index >= 15 is 0 Å². The smallest absolute Gasteiger partial charge is 0.165 e. The Bertz CT molecular complexity index is 360. The lowest BCUT2D eigenvalue weighted by Crippen LogP contribution is -2.09. The maximum atomic E-state index is 13.2. The van der Waals surface area contributed by atoms with Crippen LogP contribution in [0.25, 0.3) is 0 Å². The summed E-state index contributed by atoms with van der Waals surface area (Å²) >= 11 is 0. The first-order valence-corrected chi connectivity index (χ1v) is 4.15. The Kier molecular flexibility index (Phi) is 3.43. The van der Waals surface area contributed by atoms with Crippen LogP contribution >= 0.6 is 0 Å². The van der Waals surface area contributed by atoms with Crippen LogP contribution in [-0.4, -0.2) is 7.11 Å². The number of halogens is 1. The van der Waals surface area contributed by atoms with Gasteiger partial charge in [0.05, 0.1) is 19.6 Å². The third kappa shape index (κ3) is 2.21. The average molecular weight is 194 g/mol. The van der Waals surface area contributed by atoms with E-state index in [1.165, 1.54) is 19.2 Å². The van der Waals surface area contributed by atoms with E-state index in [1.807, 2.05) is 6.07 Å². The highest BCUT2D eigenvalue weighted by Gasteiger charge is 2.09. The van der Waals surface area contributed by atoms with Crippen LogP contribution in [0.5, 0.6) is 5.75 Å². The molecule has 0 aliphatic carbocycles. The van der Waals surface area contributed by atoms with Gasteiger partial charge in [0.2, 0.25) is 0 Å². The maximum Gasteiger partial charge on any atom is 0.165 e. The van der Waals surface area contributed by atoms with E-state index in [9.17, 15) is 4.39 Å². The van der Waals surface area contributed by atoms with Gasteiger partial charge in [0.25, 0.3) is 0 Å². The number of methoxy groups -OCH3 is 1. The minimum atomic E-state index is -0.460. The predicted molar refractivity (Wildman–Crippen MR) is 50.1 cm³/mol. The van der Waals surface area contributed by atoms with Crippen molar-refractivity contribution >= 4 is 0 Å². The molecule has 14 heavy (non-hydrogen) atoms. The van der Waals surface area contributed by atoms with Crippen molar-refractivity contribution in [2.45, 2.75) is 12.5 Å². The normalized spacial score (nSPS) is 11.9. The number of nitrogens with zero attached hydrogens (tertiary/aromatic N) is 1. The zero-order valence-corrected chi connectivity index (χ0v) is 7.83. The molecule has 3 nitrogen and oxygen atoms in total. The SMILES string of the molecule is COc1ccc(C(N)CC#N)cc1F. The van der Waals surface area contributed by atoms with Gasteiger partial charge in [-0.15, -0.1) is 0 Å². The molecule has 0 spiro atoms. The molecular weight excluding hydrogens is 183 g/mol. The third-order valence-electron chi connectivity index (χ3n) is 1.92. The molecule has 74 valence electrons. The van der Waals surface area contributed by atoms with Gasteiger partial charge >= 0.3 is 0 Å². The number of rotatable bonds is 3. The van der Waals surface area contributed by atoms with Crippen LogP contribution < -0.4 is 10.5 Å². The summed E-state index contributed by atoms with van der Waals surface area (Å²) in [6.07, 6.45) is 0.172. The van der Waals surface area contributed by atoms with Crippen molar-refractivity contribution < 1.29 is 9.13 Å². The van der Waals surface area contributed by atoms with Crippen LogP contribution in [0.4, 0.5) is 4.39 Å². The summed E-state index contributed by atoms with van der Waals surface area (Å²) in [7, 11) is 1.40. The van der Waals surface area contributed by atoms with Gasteiger partial charge in [-0.05, 0) is 17.7 Å². The highest BCUT2D eigenvalue weighted by Crippen LogP contribution is 2.21. The van der Waals surface area contributed by atoms with E-state index in [0.717, 1.165) is 0 Å². The number of benzene rings is 1. The van der Waals surface area contributed by atoms with Crippen molar-refractivity contribution in [2.75, 3.05) is 7.11 Å². The molecule has 0 fully saturated rings. The van der Waals surface area contributed by atoms with Gasteiger partial charge in [-0.3, -0.25) is 0 Å². The van der Waals surface area contributed by atoms with Crippen LogP contribution in [0.1, 0.15) is 18.0 Å². The van der Waals surface area contributed by atoms with Crippen molar-refractivity contribution in [1.29, 1.82) is 5.26 Å². The Hall–Kier alpha value is -1.60. The Morgan fingerprint density at radius 3 is 2.86 bits per heavy atom. The molecule has 0 saturated carbocycles. The summed E-state index contributed by atoms with van der Waals surface area (Å²) in [6.45, 7) is 0. The summed E-state index contributed by atoms with van der Waals surface area (Å²) in [5.74, 6) is -0.281. The molecule has 1 atom stereocenters. The summed E-state index contributed by atoms with van der Waals surface area (Å²) in [5.41, 5.74) is 6.24. The van der Waals surface area contributed by atoms with E-state index in [2.05, 4.69) is 0 Å². The van der Waals surface area contributed by atoms with E-state index < -0.39 is 11.9 Å². The highest BCUT2D eigenvalue weighted by atomic mass is 19.1. The van der Waals surface area contributed by atoms with Gasteiger partial charge in [-0.25, -0.2) is 4.39 Å². The van der Waals surface area contributed by atoms with Crippen LogP contribution in [0, 0.1) is 17.1 Å². The first-order chi connectivity index (χ1) is 6.69. The van der Waals surface area contributed by atoms with Crippen molar-refractivity contribution in [2.24, 2.45) is 5.73 Å². The second kappa shape index (κ2) is 4.58. The lowest BCUT2D eigenvalue weighted by Gasteiger charge is -2.09. The van der Waals surface area contributed by atoms with Crippen molar-refractivity contribution in [1.82, 2.24) is 0 Å². The number of ether oxygens (including phenoxy) is 1. The molecule has 0 aliphatic heterocycles. The van der Waals surface area contributed by atoms with Crippen molar-refractivity contribution in [3.8, 4) is 11.8 Å². The molecule has 1 aromatic carbocycles. The Morgan fingerprint density at radius 2 is 2.36 bits per heavy atom. The van der Waals surface area contributed by atoms with Gasteiger partial charge in [-0.1, -0.05) is 6.07 Å². The molecule has 0 amide bonds. The first kappa shape index (κ1) is 10.5. The number of hydrogen-bond donors (Lipinski definition) is 1. The average Bonchev–Trinajstić information content (AvgIpc) is 2.18. The van der Waals surface area contributed by atoms with Gasteiger partial charge in [0, 0.05) is 6.04 Å². The van der Waals surface area contributed by atoms with Crippen LogP contribution in [0.3, 0.4) is 0 Å². The van der Waals surface area contributed by atoms with Crippen molar-refractivity contribution in [3.05, 3.63) is 29.6 Å². The number of nitriles is 1. The third-order valence-corrected chi connectivity index (χ3v) is 1.92. The largest absolute Gasteiger partial charge is 0.494 e. The molecule has 0 saturated heterocycles. The molecule has 4 heteroatoms. The number of hydrogen-bond acceptors (Lipinski definition) is 3. The van der Waals surface area contributed by atoms with Gasteiger partial charge in [-0.2, -0.15) is 5.26 Å². The zero-order chi connectivity index (χ0) is 10.6. The van der Waals surface area contributed by atoms with Crippen LogP contribution in [0.15, 0.2) is 18.2 Å².